The van der Waals surface area contributed by atoms with Gasteiger partial charge in [-0.15, -0.1) is 0 Å². The molecule has 27 heavy (non-hydrogen) atoms. The summed E-state index contributed by atoms with van der Waals surface area (Å²) in [6, 6.07) is 6.17. The van der Waals surface area contributed by atoms with Gasteiger partial charge in [0.2, 0.25) is 5.91 Å². The molecule has 0 radical (unpaired) electrons. The van der Waals surface area contributed by atoms with Gasteiger partial charge in [-0.3, -0.25) is 9.59 Å². The molecule has 1 aromatic heterocycles. The van der Waals surface area contributed by atoms with E-state index < -0.39 is 0 Å². The average Bonchev–Trinajstić information content (AvgIpc) is 2.67. The molecule has 3 rings (SSSR count). The van der Waals surface area contributed by atoms with Gasteiger partial charge in [-0.25, -0.2) is 9.37 Å². The molecular formula is C21H26FN3O2. The van der Waals surface area contributed by atoms with Crippen LogP contribution in [0.25, 0.3) is 0 Å². The number of fused-ring (bicyclic) bond motifs is 1. The van der Waals surface area contributed by atoms with Crippen LogP contribution in [0.4, 0.5) is 4.39 Å². The lowest BCUT2D eigenvalue weighted by Gasteiger charge is -2.28. The van der Waals surface area contributed by atoms with E-state index in [4.69, 9.17) is 0 Å². The lowest BCUT2D eigenvalue weighted by atomic mass is 10.0. The molecule has 2 heterocycles. The summed E-state index contributed by atoms with van der Waals surface area (Å²) in [6.07, 6.45) is 5.86. The van der Waals surface area contributed by atoms with Gasteiger partial charge >= 0.3 is 0 Å². The van der Waals surface area contributed by atoms with Crippen LogP contribution in [0.15, 0.2) is 29.1 Å². The van der Waals surface area contributed by atoms with Crippen molar-refractivity contribution in [1.29, 1.82) is 0 Å². The van der Waals surface area contributed by atoms with Crippen molar-refractivity contribution in [1.82, 2.24) is 14.9 Å². The molecule has 0 saturated carbocycles. The summed E-state index contributed by atoms with van der Waals surface area (Å²) >= 11 is 0. The van der Waals surface area contributed by atoms with E-state index in [-0.39, 0.29) is 17.3 Å². The lowest BCUT2D eigenvalue weighted by Crippen LogP contribution is -2.39. The number of halogens is 1. The molecule has 6 heteroatoms. The number of aromatic amines is 1. The highest BCUT2D eigenvalue weighted by Gasteiger charge is 2.24. The van der Waals surface area contributed by atoms with Gasteiger partial charge in [0, 0.05) is 25.8 Å². The first-order valence-electron chi connectivity index (χ1n) is 9.70. The Morgan fingerprint density at radius 3 is 2.74 bits per heavy atom. The zero-order valence-corrected chi connectivity index (χ0v) is 15.8. The number of hydrogen-bond acceptors (Lipinski definition) is 3. The minimum absolute atomic E-state index is 0.117. The van der Waals surface area contributed by atoms with Crippen LogP contribution in [0.2, 0.25) is 0 Å². The Hall–Kier alpha value is -2.50. The smallest absolute Gasteiger partial charge is 0.256 e. The van der Waals surface area contributed by atoms with E-state index in [9.17, 15) is 14.0 Å². The monoisotopic (exact) mass is 371 g/mol. The molecule has 1 N–H and O–H groups in total. The van der Waals surface area contributed by atoms with Crippen molar-refractivity contribution in [2.24, 2.45) is 0 Å². The molecule has 144 valence electrons. The molecule has 0 fully saturated rings. The van der Waals surface area contributed by atoms with Crippen LogP contribution >= 0.6 is 0 Å². The van der Waals surface area contributed by atoms with Crippen molar-refractivity contribution in [3.8, 4) is 0 Å². The number of carbonyl (C=O) groups excluding carboxylic acids is 1. The molecule has 0 bridgehead atoms. The summed E-state index contributed by atoms with van der Waals surface area (Å²) in [5.41, 5.74) is 2.07. The van der Waals surface area contributed by atoms with Crippen LogP contribution in [0.5, 0.6) is 0 Å². The second-order valence-corrected chi connectivity index (χ2v) is 7.12. The predicted octanol–water partition coefficient (Wildman–Crippen LogP) is 3.35. The van der Waals surface area contributed by atoms with Gasteiger partial charge in [-0.1, -0.05) is 38.3 Å². The molecule has 0 unspecified atom stereocenters. The van der Waals surface area contributed by atoms with Crippen LogP contribution in [-0.2, 0) is 24.2 Å². The molecule has 1 aromatic carbocycles. The minimum Gasteiger partial charge on any atom is -0.338 e. The van der Waals surface area contributed by atoms with Crippen LogP contribution in [0.3, 0.4) is 0 Å². The van der Waals surface area contributed by atoms with Crippen molar-refractivity contribution < 1.29 is 9.18 Å². The van der Waals surface area contributed by atoms with E-state index in [1.165, 1.54) is 12.1 Å². The summed E-state index contributed by atoms with van der Waals surface area (Å²) in [7, 11) is 0. The van der Waals surface area contributed by atoms with Gasteiger partial charge in [0.15, 0.2) is 0 Å². The number of benzene rings is 1. The average molecular weight is 371 g/mol. The largest absolute Gasteiger partial charge is 0.338 e. The summed E-state index contributed by atoms with van der Waals surface area (Å²) in [5.74, 6) is 0.404. The third-order valence-electron chi connectivity index (χ3n) is 5.00. The van der Waals surface area contributed by atoms with E-state index in [0.29, 0.717) is 43.7 Å². The van der Waals surface area contributed by atoms with Crippen molar-refractivity contribution in [3.63, 3.8) is 0 Å². The van der Waals surface area contributed by atoms with Crippen LogP contribution in [0, 0.1) is 5.82 Å². The zero-order chi connectivity index (χ0) is 19.2. The molecule has 0 saturated heterocycles. The maximum absolute atomic E-state index is 13.0. The predicted molar refractivity (Wildman–Crippen MR) is 102 cm³/mol. The van der Waals surface area contributed by atoms with Crippen LogP contribution < -0.4 is 5.56 Å². The number of hydrogen-bond donors (Lipinski definition) is 1. The number of aromatic nitrogens is 2. The van der Waals surface area contributed by atoms with Crippen LogP contribution in [0.1, 0.15) is 61.7 Å². The maximum Gasteiger partial charge on any atom is 0.256 e. The van der Waals surface area contributed by atoms with Crippen LogP contribution in [-0.4, -0.2) is 27.3 Å². The molecule has 0 atom stereocenters. The quantitative estimate of drug-likeness (QED) is 0.759. The highest BCUT2D eigenvalue weighted by molar-refractivity contribution is 5.76. The van der Waals surface area contributed by atoms with Gasteiger partial charge < -0.3 is 9.88 Å². The fourth-order valence-corrected chi connectivity index (χ4v) is 3.43. The van der Waals surface area contributed by atoms with Gasteiger partial charge in [-0.05, 0) is 24.1 Å². The number of H-pyrrole nitrogens is 1. The van der Waals surface area contributed by atoms with E-state index >= 15 is 0 Å². The Labute approximate surface area is 158 Å². The molecular weight excluding hydrogens is 345 g/mol. The van der Waals surface area contributed by atoms with Crippen molar-refractivity contribution in [3.05, 3.63) is 63.1 Å². The Morgan fingerprint density at radius 1 is 1.22 bits per heavy atom. The first-order chi connectivity index (χ1) is 13.1. The maximum atomic E-state index is 13.0. The summed E-state index contributed by atoms with van der Waals surface area (Å²) < 4.78 is 13.0. The molecule has 0 spiro atoms. The molecule has 0 aliphatic carbocycles. The zero-order valence-electron chi connectivity index (χ0n) is 15.8. The highest BCUT2D eigenvalue weighted by atomic mass is 19.1. The number of amides is 1. The Kier molecular flexibility index (Phi) is 6.37. The number of carbonyl (C=O) groups is 1. The van der Waals surface area contributed by atoms with Gasteiger partial charge in [0.05, 0.1) is 17.8 Å². The Bertz CT molecular complexity index is 845. The second-order valence-electron chi connectivity index (χ2n) is 7.12. The summed E-state index contributed by atoms with van der Waals surface area (Å²) in [4.78, 5) is 34.1. The first kappa shape index (κ1) is 19.3. The molecule has 1 aliphatic heterocycles. The Morgan fingerprint density at radius 2 is 2.00 bits per heavy atom. The van der Waals surface area contributed by atoms with E-state index in [1.807, 2.05) is 0 Å². The normalized spacial score (nSPS) is 13.5. The lowest BCUT2D eigenvalue weighted by molar-refractivity contribution is -0.132. The van der Waals surface area contributed by atoms with Crippen molar-refractivity contribution in [2.75, 3.05) is 6.54 Å². The number of nitrogens with one attached hydrogen (secondary N) is 1. The summed E-state index contributed by atoms with van der Waals surface area (Å²) in [5, 5.41) is 0. The van der Waals surface area contributed by atoms with E-state index in [0.717, 1.165) is 36.9 Å². The second kappa shape index (κ2) is 8.93. The third-order valence-corrected chi connectivity index (χ3v) is 5.00. The topological polar surface area (TPSA) is 66.1 Å². The first-order valence-corrected chi connectivity index (χ1v) is 9.70. The van der Waals surface area contributed by atoms with Gasteiger partial charge in [0.25, 0.3) is 5.56 Å². The van der Waals surface area contributed by atoms with E-state index in [2.05, 4.69) is 16.9 Å². The SMILES string of the molecule is CCCCCCC(=O)N1CCc2nc(Cc3ccc(F)cc3)[nH]c(=O)c2C1. The summed E-state index contributed by atoms with van der Waals surface area (Å²) in [6.45, 7) is 3.08. The van der Waals surface area contributed by atoms with Gasteiger partial charge in [0.1, 0.15) is 11.6 Å². The van der Waals surface area contributed by atoms with E-state index in [1.54, 1.807) is 17.0 Å². The number of rotatable bonds is 7. The molecule has 1 amide bonds. The highest BCUT2D eigenvalue weighted by Crippen LogP contribution is 2.17. The molecule has 5 nitrogen and oxygen atoms in total. The number of unbranched alkanes of at least 4 members (excludes halogenated alkanes) is 3. The van der Waals surface area contributed by atoms with Crippen molar-refractivity contribution >= 4 is 5.91 Å². The minimum atomic E-state index is -0.287. The fourth-order valence-electron chi connectivity index (χ4n) is 3.43. The fraction of sp³-hybridized carbons (Fsp3) is 0.476. The van der Waals surface area contributed by atoms with Crippen molar-refractivity contribution in [2.45, 2.75) is 58.4 Å². The third kappa shape index (κ3) is 5.02. The van der Waals surface area contributed by atoms with Gasteiger partial charge in [-0.2, -0.15) is 0 Å². The Balaban J connectivity index is 1.66. The number of nitrogens with zero attached hydrogens (tertiary/aromatic N) is 2. The molecule has 2 aromatic rings. The molecule has 1 aliphatic rings. The standard InChI is InChI=1S/C21H26FN3O2/c1-2-3-4-5-6-20(26)25-12-11-18-17(14-25)21(27)24-19(23-18)13-15-7-9-16(22)10-8-15/h7-10H,2-6,11-14H2,1H3,(H,23,24,27).